The van der Waals surface area contributed by atoms with Gasteiger partial charge in [-0.05, 0) is 34.2 Å². The van der Waals surface area contributed by atoms with E-state index in [1.807, 2.05) is 24.3 Å². The normalized spacial score (nSPS) is 10.8. The highest BCUT2D eigenvalue weighted by atomic mass is 16.4. The number of hydrogen-bond acceptors (Lipinski definition) is 3. The van der Waals surface area contributed by atoms with Crippen LogP contribution >= 0.6 is 0 Å². The molecule has 84 valence electrons. The molecular weight excluding hydrogens is 218 g/mol. The van der Waals surface area contributed by atoms with Gasteiger partial charge in [0.15, 0.2) is 0 Å². The van der Waals surface area contributed by atoms with E-state index >= 15 is 0 Å². The molecule has 0 amide bonds. The Morgan fingerprint density at radius 2 is 1.82 bits per heavy atom. The van der Waals surface area contributed by atoms with Gasteiger partial charge >= 0.3 is 5.97 Å². The molecule has 17 heavy (non-hydrogen) atoms. The minimum atomic E-state index is -1.06. The molecule has 0 heterocycles. The molecule has 0 saturated carbocycles. The Balaban J connectivity index is 2.60. The predicted molar refractivity (Wildman–Crippen MR) is 66.1 cm³/mol. The lowest BCUT2D eigenvalue weighted by atomic mass is 10.0. The zero-order chi connectivity index (χ0) is 12.3. The summed E-state index contributed by atoms with van der Waals surface area (Å²) < 4.78 is 0. The summed E-state index contributed by atoms with van der Waals surface area (Å²) in [6.45, 7) is 0. The highest BCUT2D eigenvalue weighted by molar-refractivity contribution is 5.92. The Morgan fingerprint density at radius 1 is 1.18 bits per heavy atom. The van der Waals surface area contributed by atoms with Crippen molar-refractivity contribution in [3.63, 3.8) is 0 Å². The number of hydrogen-bond donors (Lipinski definition) is 1. The van der Waals surface area contributed by atoms with Gasteiger partial charge in [-0.15, -0.1) is 4.91 Å². The Hall–Kier alpha value is -2.49. The molecule has 0 atom stereocenters. The molecule has 2 rings (SSSR count). The Kier molecular flexibility index (Phi) is 2.96. The van der Waals surface area contributed by atoms with Crippen LogP contribution in [0.3, 0.4) is 0 Å². The maximum absolute atomic E-state index is 10.7. The topological polar surface area (TPSA) is 66.7 Å². The van der Waals surface area contributed by atoms with Crippen LogP contribution in [0.1, 0.15) is 5.56 Å². The van der Waals surface area contributed by atoms with Crippen LogP contribution in [0.25, 0.3) is 16.8 Å². The van der Waals surface area contributed by atoms with Crippen molar-refractivity contribution >= 4 is 28.5 Å². The van der Waals surface area contributed by atoms with Crippen molar-refractivity contribution in [1.29, 1.82) is 0 Å². The summed E-state index contributed by atoms with van der Waals surface area (Å²) in [4.78, 5) is 21.1. The molecule has 4 nitrogen and oxygen atoms in total. The molecule has 2 aromatic rings. The summed E-state index contributed by atoms with van der Waals surface area (Å²) in [5.41, 5.74) is 0.738. The quantitative estimate of drug-likeness (QED) is 0.645. The molecule has 1 N–H and O–H groups in total. The van der Waals surface area contributed by atoms with Crippen LogP contribution in [0.2, 0.25) is 0 Å². The van der Waals surface area contributed by atoms with Crippen molar-refractivity contribution in [2.45, 2.75) is 0 Å². The van der Waals surface area contributed by atoms with E-state index in [0.717, 1.165) is 16.8 Å². The predicted octanol–water partition coefficient (Wildman–Crippen LogP) is 3.34. The highest BCUT2D eigenvalue weighted by Crippen LogP contribution is 2.27. The van der Waals surface area contributed by atoms with E-state index in [9.17, 15) is 9.70 Å². The van der Waals surface area contributed by atoms with Crippen LogP contribution in [0.4, 0.5) is 5.69 Å². The van der Waals surface area contributed by atoms with E-state index in [4.69, 9.17) is 5.11 Å². The first-order chi connectivity index (χ1) is 8.20. The summed E-state index contributed by atoms with van der Waals surface area (Å²) in [7, 11) is 0. The molecule has 0 aliphatic carbocycles. The summed E-state index contributed by atoms with van der Waals surface area (Å²) in [5, 5.41) is 13.3. The maximum atomic E-state index is 10.7. The monoisotopic (exact) mass is 227 g/mol. The van der Waals surface area contributed by atoms with Gasteiger partial charge in [-0.2, -0.15) is 0 Å². The molecule has 0 aromatic heterocycles. The van der Waals surface area contributed by atoms with Crippen molar-refractivity contribution in [1.82, 2.24) is 0 Å². The van der Waals surface area contributed by atoms with E-state index in [1.165, 1.54) is 6.08 Å². The highest BCUT2D eigenvalue weighted by Gasteiger charge is 2.03. The van der Waals surface area contributed by atoms with Crippen LogP contribution in [-0.2, 0) is 4.79 Å². The van der Waals surface area contributed by atoms with Crippen molar-refractivity contribution in [2.75, 3.05) is 0 Å². The van der Waals surface area contributed by atoms with Crippen molar-refractivity contribution in [3.8, 4) is 0 Å². The zero-order valence-electron chi connectivity index (χ0n) is 8.83. The van der Waals surface area contributed by atoms with Crippen LogP contribution in [0, 0.1) is 4.91 Å². The lowest BCUT2D eigenvalue weighted by molar-refractivity contribution is -0.131. The summed E-state index contributed by atoms with van der Waals surface area (Å²) in [5.74, 6) is -1.06. The number of aliphatic carboxylic acids is 1. The Morgan fingerprint density at radius 3 is 2.41 bits per heavy atom. The molecule has 0 aliphatic rings. The van der Waals surface area contributed by atoms with Gasteiger partial charge in [0.25, 0.3) is 0 Å². The van der Waals surface area contributed by atoms with Crippen LogP contribution in [0.5, 0.6) is 0 Å². The van der Waals surface area contributed by atoms with E-state index in [0.29, 0.717) is 5.56 Å². The minimum Gasteiger partial charge on any atom is -0.478 e. The molecule has 0 spiro atoms. The SMILES string of the molecule is O=Nc1cc2ccccc2cc1/C=C/C(=O)O. The average Bonchev–Trinajstić information content (AvgIpc) is 2.35. The number of nitroso groups, excluding NO2 is 1. The summed E-state index contributed by atoms with van der Waals surface area (Å²) in [6.07, 6.45) is 2.35. The van der Waals surface area contributed by atoms with E-state index < -0.39 is 5.97 Å². The molecule has 0 bridgehead atoms. The molecular formula is C13H9NO3. The second-order valence-corrected chi connectivity index (χ2v) is 3.52. The van der Waals surface area contributed by atoms with E-state index in [2.05, 4.69) is 5.18 Å². The Bertz CT molecular complexity index is 617. The molecule has 0 fully saturated rings. The van der Waals surface area contributed by atoms with Crippen LogP contribution < -0.4 is 0 Å². The third-order valence-electron chi connectivity index (χ3n) is 2.40. The van der Waals surface area contributed by atoms with Crippen molar-refractivity contribution in [3.05, 3.63) is 52.9 Å². The van der Waals surface area contributed by atoms with Gasteiger partial charge in [-0.25, -0.2) is 4.79 Å². The number of fused-ring (bicyclic) bond motifs is 1. The van der Waals surface area contributed by atoms with Crippen molar-refractivity contribution in [2.24, 2.45) is 5.18 Å². The molecule has 0 aliphatic heterocycles. The molecule has 0 unspecified atom stereocenters. The lowest BCUT2D eigenvalue weighted by Crippen LogP contribution is -1.86. The number of rotatable bonds is 3. The second-order valence-electron chi connectivity index (χ2n) is 3.52. The first kappa shape index (κ1) is 11.0. The molecule has 2 aromatic carbocycles. The number of carboxylic acids is 1. The fourth-order valence-corrected chi connectivity index (χ4v) is 1.62. The van der Waals surface area contributed by atoms with E-state index in [1.54, 1.807) is 12.1 Å². The Labute approximate surface area is 97.2 Å². The van der Waals surface area contributed by atoms with Gasteiger partial charge < -0.3 is 5.11 Å². The fourth-order valence-electron chi connectivity index (χ4n) is 1.62. The van der Waals surface area contributed by atoms with Gasteiger partial charge in [0, 0.05) is 11.6 Å². The summed E-state index contributed by atoms with van der Waals surface area (Å²) >= 11 is 0. The fraction of sp³-hybridized carbons (Fsp3) is 0. The molecule has 0 radical (unpaired) electrons. The van der Waals surface area contributed by atoms with Crippen molar-refractivity contribution < 1.29 is 9.90 Å². The van der Waals surface area contributed by atoms with Crippen LogP contribution in [0.15, 0.2) is 47.7 Å². The standard InChI is InChI=1S/C13H9NO3/c15-13(16)6-5-11-7-9-3-1-2-4-10(9)8-12(11)14-17/h1-8H,(H,15,16)/b6-5+. The van der Waals surface area contributed by atoms with E-state index in [-0.39, 0.29) is 5.69 Å². The van der Waals surface area contributed by atoms with Gasteiger partial charge in [-0.3, -0.25) is 0 Å². The number of benzene rings is 2. The molecule has 0 saturated heterocycles. The smallest absolute Gasteiger partial charge is 0.328 e. The van der Waals surface area contributed by atoms with Gasteiger partial charge in [0.2, 0.25) is 0 Å². The maximum Gasteiger partial charge on any atom is 0.328 e. The van der Waals surface area contributed by atoms with Gasteiger partial charge in [-0.1, -0.05) is 24.3 Å². The third kappa shape index (κ3) is 2.36. The number of carboxylic acid groups (broad SMARTS) is 1. The minimum absolute atomic E-state index is 0.237. The first-order valence-electron chi connectivity index (χ1n) is 4.98. The third-order valence-corrected chi connectivity index (χ3v) is 2.40. The largest absolute Gasteiger partial charge is 0.478 e. The zero-order valence-corrected chi connectivity index (χ0v) is 8.83. The van der Waals surface area contributed by atoms with Crippen LogP contribution in [-0.4, -0.2) is 11.1 Å². The first-order valence-corrected chi connectivity index (χ1v) is 4.98. The number of carbonyl (C=O) groups is 1. The number of nitrogens with zero attached hydrogens (tertiary/aromatic N) is 1. The second kappa shape index (κ2) is 4.57. The molecule has 4 heteroatoms. The van der Waals surface area contributed by atoms with Gasteiger partial charge in [0.1, 0.15) is 5.69 Å². The summed E-state index contributed by atoms with van der Waals surface area (Å²) in [6, 6.07) is 10.9. The van der Waals surface area contributed by atoms with Gasteiger partial charge in [0.05, 0.1) is 0 Å². The average molecular weight is 227 g/mol. The lowest BCUT2D eigenvalue weighted by Gasteiger charge is -2.01.